The molecule has 2 aliphatic heterocycles. The van der Waals surface area contributed by atoms with Gasteiger partial charge in [-0.25, -0.2) is 4.79 Å². The molecule has 1 saturated heterocycles. The number of carbonyl (C=O) groups excluding carboxylic acids is 2. The zero-order valence-corrected chi connectivity index (χ0v) is 25.2. The van der Waals surface area contributed by atoms with Crippen molar-refractivity contribution in [2.24, 2.45) is 34.5 Å². The van der Waals surface area contributed by atoms with E-state index in [2.05, 4.69) is 13.8 Å². The van der Waals surface area contributed by atoms with Crippen molar-refractivity contribution in [3.05, 3.63) is 11.6 Å². The predicted molar refractivity (Wildman–Crippen MR) is 147 cm³/mol. The van der Waals surface area contributed by atoms with Crippen molar-refractivity contribution in [1.29, 1.82) is 0 Å². The Morgan fingerprint density at radius 3 is 2.54 bits per heavy atom. The molecule has 13 atom stereocenters. The highest BCUT2D eigenvalue weighted by atomic mass is 16.7. The van der Waals surface area contributed by atoms with Crippen LogP contribution in [0, 0.1) is 34.5 Å². The van der Waals surface area contributed by atoms with Gasteiger partial charge in [0.1, 0.15) is 18.8 Å². The molecule has 6 rings (SSSR count). The number of ether oxygens (including phenoxy) is 5. The lowest BCUT2D eigenvalue weighted by Gasteiger charge is -2.63. The lowest BCUT2D eigenvalue weighted by molar-refractivity contribution is -0.273. The molecule has 6 aliphatic rings. The molecule has 0 aromatic carbocycles. The highest BCUT2D eigenvalue weighted by molar-refractivity contribution is 5.85. The molecule has 0 bridgehead atoms. The summed E-state index contributed by atoms with van der Waals surface area (Å²) in [5.41, 5.74) is -0.559. The van der Waals surface area contributed by atoms with Gasteiger partial charge in [-0.3, -0.25) is 4.79 Å². The number of carbonyl (C=O) groups is 2. The number of hydrogen-bond donors (Lipinski definition) is 2. The van der Waals surface area contributed by atoms with E-state index in [1.54, 1.807) is 13.2 Å². The van der Waals surface area contributed by atoms with Crippen LogP contribution in [-0.2, 0) is 33.3 Å². The average molecular weight is 577 g/mol. The van der Waals surface area contributed by atoms with E-state index in [1.165, 1.54) is 6.92 Å². The SMILES string of the molecule is CO[C@H]1CC(O[C@H]2CC[C@]3(C)C4CC[C@]5(C)[C@@H](C6=CC(=O)OC6)[C@@H](OC(C)=O)C[C@]5(O)C4CC[C@@H]3C2)O[C@H](C)[C@H]1O. The summed E-state index contributed by atoms with van der Waals surface area (Å²) >= 11 is 0. The van der Waals surface area contributed by atoms with Crippen LogP contribution < -0.4 is 0 Å². The fourth-order valence-corrected chi connectivity index (χ4v) is 10.4. The minimum atomic E-state index is -0.990. The number of hydrogen-bond acceptors (Lipinski definition) is 9. The quantitative estimate of drug-likeness (QED) is 0.373. The molecule has 0 radical (unpaired) electrons. The minimum Gasteiger partial charge on any atom is -0.462 e. The second kappa shape index (κ2) is 10.6. The van der Waals surface area contributed by atoms with Gasteiger partial charge >= 0.3 is 11.9 Å². The van der Waals surface area contributed by atoms with Crippen LogP contribution in [0.2, 0.25) is 0 Å². The Kier molecular flexibility index (Phi) is 7.62. The zero-order chi connectivity index (χ0) is 29.3. The molecule has 0 amide bonds. The lowest BCUT2D eigenvalue weighted by atomic mass is 9.43. The molecule has 0 spiro atoms. The van der Waals surface area contributed by atoms with Crippen LogP contribution in [0.25, 0.3) is 0 Å². The molecule has 230 valence electrons. The van der Waals surface area contributed by atoms with Crippen molar-refractivity contribution in [3.8, 4) is 0 Å². The van der Waals surface area contributed by atoms with Crippen LogP contribution in [0.5, 0.6) is 0 Å². The summed E-state index contributed by atoms with van der Waals surface area (Å²) in [6.45, 7) is 8.06. The first-order valence-electron chi connectivity index (χ1n) is 15.7. The number of fused-ring (bicyclic) bond motifs is 5. The summed E-state index contributed by atoms with van der Waals surface area (Å²) in [4.78, 5) is 24.2. The fourth-order valence-electron chi connectivity index (χ4n) is 10.4. The molecule has 3 unspecified atom stereocenters. The maximum Gasteiger partial charge on any atom is 0.331 e. The van der Waals surface area contributed by atoms with Crippen LogP contribution in [0.1, 0.15) is 85.5 Å². The molecule has 2 N–H and O–H groups in total. The van der Waals surface area contributed by atoms with E-state index in [1.807, 2.05) is 6.92 Å². The summed E-state index contributed by atoms with van der Waals surface area (Å²) < 4.78 is 29.1. The van der Waals surface area contributed by atoms with E-state index >= 15 is 0 Å². The van der Waals surface area contributed by atoms with Gasteiger partial charge in [0, 0.05) is 44.3 Å². The molecule has 4 saturated carbocycles. The van der Waals surface area contributed by atoms with Gasteiger partial charge in [0.25, 0.3) is 0 Å². The van der Waals surface area contributed by atoms with Crippen LogP contribution in [0.15, 0.2) is 11.6 Å². The first kappa shape index (κ1) is 29.5. The van der Waals surface area contributed by atoms with Crippen LogP contribution >= 0.6 is 0 Å². The number of methoxy groups -OCH3 is 1. The van der Waals surface area contributed by atoms with Gasteiger partial charge < -0.3 is 33.9 Å². The van der Waals surface area contributed by atoms with Crippen molar-refractivity contribution in [2.75, 3.05) is 13.7 Å². The first-order valence-corrected chi connectivity index (χ1v) is 15.7. The summed E-state index contributed by atoms with van der Waals surface area (Å²) in [6, 6.07) is 0. The third kappa shape index (κ3) is 4.69. The highest BCUT2D eigenvalue weighted by Gasteiger charge is 2.71. The van der Waals surface area contributed by atoms with Gasteiger partial charge in [0.05, 0.1) is 23.9 Å². The minimum absolute atomic E-state index is 0.0898. The van der Waals surface area contributed by atoms with Crippen molar-refractivity contribution in [3.63, 3.8) is 0 Å². The Morgan fingerprint density at radius 1 is 1.07 bits per heavy atom. The summed E-state index contributed by atoms with van der Waals surface area (Å²) in [7, 11) is 1.62. The molecule has 0 aromatic heterocycles. The zero-order valence-electron chi connectivity index (χ0n) is 25.2. The van der Waals surface area contributed by atoms with Crippen LogP contribution in [0.3, 0.4) is 0 Å². The van der Waals surface area contributed by atoms with E-state index in [4.69, 9.17) is 23.7 Å². The monoisotopic (exact) mass is 576 g/mol. The molecule has 0 aromatic rings. The Morgan fingerprint density at radius 2 is 1.85 bits per heavy atom. The normalized spacial score (nSPS) is 51.2. The lowest BCUT2D eigenvalue weighted by Crippen LogP contribution is -2.62. The topological polar surface area (TPSA) is 121 Å². The fraction of sp³-hybridized carbons (Fsp3) is 0.875. The van der Waals surface area contributed by atoms with Crippen molar-refractivity contribution in [1.82, 2.24) is 0 Å². The van der Waals surface area contributed by atoms with E-state index in [9.17, 15) is 19.8 Å². The average Bonchev–Trinajstić information content (AvgIpc) is 3.42. The molecular weight excluding hydrogens is 528 g/mol. The van der Waals surface area contributed by atoms with Crippen molar-refractivity contribution in [2.45, 2.75) is 128 Å². The third-order valence-corrected chi connectivity index (χ3v) is 12.5. The number of esters is 2. The predicted octanol–water partition coefficient (Wildman–Crippen LogP) is 3.68. The van der Waals surface area contributed by atoms with Gasteiger partial charge in [-0.15, -0.1) is 0 Å². The molecule has 41 heavy (non-hydrogen) atoms. The number of cyclic esters (lactones) is 1. The number of aliphatic hydroxyl groups is 2. The second-order valence-electron chi connectivity index (χ2n) is 14.3. The van der Waals surface area contributed by atoms with Gasteiger partial charge in [0.15, 0.2) is 6.29 Å². The van der Waals surface area contributed by atoms with Gasteiger partial charge in [-0.2, -0.15) is 0 Å². The number of aliphatic hydroxyl groups excluding tert-OH is 1. The summed E-state index contributed by atoms with van der Waals surface area (Å²) in [6.07, 6.45) is 7.14. The highest BCUT2D eigenvalue weighted by Crippen LogP contribution is 2.70. The summed E-state index contributed by atoms with van der Waals surface area (Å²) in [5, 5.41) is 23.0. The third-order valence-electron chi connectivity index (χ3n) is 12.5. The van der Waals surface area contributed by atoms with E-state index in [0.717, 1.165) is 50.5 Å². The Bertz CT molecular complexity index is 1080. The van der Waals surface area contributed by atoms with Gasteiger partial charge in [-0.05, 0) is 80.6 Å². The maximum atomic E-state index is 12.7. The van der Waals surface area contributed by atoms with E-state index in [-0.39, 0.29) is 60.4 Å². The van der Waals surface area contributed by atoms with Gasteiger partial charge in [-0.1, -0.05) is 13.8 Å². The Hall–Kier alpha value is -1.52. The van der Waals surface area contributed by atoms with Crippen molar-refractivity contribution >= 4 is 11.9 Å². The van der Waals surface area contributed by atoms with Crippen LogP contribution in [-0.4, -0.2) is 78.3 Å². The van der Waals surface area contributed by atoms with E-state index in [0.29, 0.717) is 24.7 Å². The van der Waals surface area contributed by atoms with Gasteiger partial charge in [0.2, 0.25) is 0 Å². The maximum absolute atomic E-state index is 12.7. The smallest absolute Gasteiger partial charge is 0.331 e. The molecular formula is C32H48O9. The Labute approximate surface area is 243 Å². The molecule has 2 heterocycles. The largest absolute Gasteiger partial charge is 0.462 e. The second-order valence-corrected chi connectivity index (χ2v) is 14.3. The standard InChI is InChI=1S/C32H48O9/c1-17-29(35)24(37-5)14-27(39-17)41-21-8-10-30(3)20(13-21)6-7-23-22(30)9-11-31(4)28(19-12-26(34)38-16-19)25(40-18(2)33)15-32(23,31)36/h12,17,20-25,27-29,35-36H,6-11,13-16H2,1-5H3/t17-,20-,21+,22?,23?,24+,25+,27?,28+,29-,30+,31-,32+/m1/s1. The Balaban J connectivity index is 1.19. The van der Waals surface area contributed by atoms with E-state index < -0.39 is 23.2 Å². The molecule has 4 aliphatic carbocycles. The molecule has 9 heteroatoms. The summed E-state index contributed by atoms with van der Waals surface area (Å²) in [5.74, 6) is 0.0175. The first-order chi connectivity index (χ1) is 19.4. The number of rotatable bonds is 5. The van der Waals surface area contributed by atoms with Crippen molar-refractivity contribution < 1.29 is 43.5 Å². The molecule has 9 nitrogen and oxygen atoms in total. The molecule has 5 fully saturated rings. The van der Waals surface area contributed by atoms with Crippen LogP contribution in [0.4, 0.5) is 0 Å².